The van der Waals surface area contributed by atoms with E-state index in [1.54, 1.807) is 0 Å². The van der Waals surface area contributed by atoms with Gasteiger partial charge in [0.1, 0.15) is 0 Å². The maximum atomic E-state index is 4.70. The van der Waals surface area contributed by atoms with E-state index < -0.39 is 0 Å². The Morgan fingerprint density at radius 3 is 2.60 bits per heavy atom. The molecule has 0 spiro atoms. The predicted molar refractivity (Wildman–Crippen MR) is 96.8 cm³/mol. The molecule has 0 heterocycles. The molecular formula is C16H26IN3. The lowest BCUT2D eigenvalue weighted by molar-refractivity contribution is 0.614. The van der Waals surface area contributed by atoms with Crippen molar-refractivity contribution in [1.82, 2.24) is 10.6 Å². The Morgan fingerprint density at radius 1 is 1.25 bits per heavy atom. The lowest BCUT2D eigenvalue weighted by atomic mass is 10.1. The summed E-state index contributed by atoms with van der Waals surface area (Å²) in [5.41, 5.74) is 2.61. The van der Waals surface area contributed by atoms with Crippen LogP contribution in [0.1, 0.15) is 43.7 Å². The molecule has 0 aromatic heterocycles. The second-order valence-electron chi connectivity index (χ2n) is 5.25. The van der Waals surface area contributed by atoms with Gasteiger partial charge in [0.25, 0.3) is 0 Å². The number of rotatable bonds is 4. The molecular weight excluding hydrogens is 361 g/mol. The average molecular weight is 387 g/mol. The number of nitrogens with zero attached hydrogens (tertiary/aromatic N) is 1. The molecule has 0 aliphatic heterocycles. The maximum Gasteiger partial charge on any atom is 0.191 e. The third kappa shape index (κ3) is 5.31. The van der Waals surface area contributed by atoms with E-state index in [-0.39, 0.29) is 24.0 Å². The van der Waals surface area contributed by atoms with Crippen molar-refractivity contribution in [2.24, 2.45) is 4.99 Å². The predicted octanol–water partition coefficient (Wildman–Crippen LogP) is 3.61. The zero-order valence-corrected chi connectivity index (χ0v) is 14.8. The Hall–Kier alpha value is -0.780. The van der Waals surface area contributed by atoms with Crippen molar-refractivity contribution in [1.29, 1.82) is 0 Å². The van der Waals surface area contributed by atoms with E-state index in [4.69, 9.17) is 4.99 Å². The van der Waals surface area contributed by atoms with Crippen molar-refractivity contribution in [3.05, 3.63) is 35.4 Å². The van der Waals surface area contributed by atoms with Crippen LogP contribution >= 0.6 is 24.0 Å². The van der Waals surface area contributed by atoms with Crippen LogP contribution in [0.25, 0.3) is 0 Å². The summed E-state index contributed by atoms with van der Waals surface area (Å²) in [6.45, 7) is 5.91. The molecule has 0 bridgehead atoms. The first-order valence-corrected chi connectivity index (χ1v) is 7.39. The summed E-state index contributed by atoms with van der Waals surface area (Å²) in [6, 6.07) is 9.05. The van der Waals surface area contributed by atoms with Crippen LogP contribution in [0.5, 0.6) is 0 Å². The summed E-state index contributed by atoms with van der Waals surface area (Å²) in [7, 11) is 0. The van der Waals surface area contributed by atoms with Gasteiger partial charge < -0.3 is 10.6 Å². The summed E-state index contributed by atoms with van der Waals surface area (Å²) in [5, 5.41) is 6.88. The Balaban J connectivity index is 0.00000200. The lowest BCUT2D eigenvalue weighted by Gasteiger charge is -2.16. The van der Waals surface area contributed by atoms with Crippen molar-refractivity contribution in [3.63, 3.8) is 0 Å². The topological polar surface area (TPSA) is 36.4 Å². The van der Waals surface area contributed by atoms with Crippen LogP contribution in [-0.2, 0) is 6.54 Å². The van der Waals surface area contributed by atoms with E-state index in [2.05, 4.69) is 48.7 Å². The lowest BCUT2D eigenvalue weighted by Crippen LogP contribution is -2.42. The van der Waals surface area contributed by atoms with E-state index in [9.17, 15) is 0 Å². The Bertz CT molecular complexity index is 425. The van der Waals surface area contributed by atoms with E-state index in [1.165, 1.54) is 36.8 Å². The zero-order chi connectivity index (χ0) is 13.5. The number of hydrogen-bond acceptors (Lipinski definition) is 1. The third-order valence-corrected chi connectivity index (χ3v) is 3.71. The number of halogens is 1. The summed E-state index contributed by atoms with van der Waals surface area (Å²) < 4.78 is 0. The number of guanidine groups is 1. The second kappa shape index (κ2) is 9.21. The first-order valence-electron chi connectivity index (χ1n) is 7.39. The van der Waals surface area contributed by atoms with Gasteiger partial charge in [-0.05, 0) is 37.8 Å². The van der Waals surface area contributed by atoms with Crippen LogP contribution in [0.4, 0.5) is 0 Å². The largest absolute Gasteiger partial charge is 0.357 e. The number of aliphatic imine (C=N–C) groups is 1. The monoisotopic (exact) mass is 387 g/mol. The van der Waals surface area contributed by atoms with Gasteiger partial charge in [0, 0.05) is 12.6 Å². The van der Waals surface area contributed by atoms with E-state index >= 15 is 0 Å². The van der Waals surface area contributed by atoms with Gasteiger partial charge >= 0.3 is 0 Å². The molecule has 20 heavy (non-hydrogen) atoms. The molecule has 0 radical (unpaired) electrons. The molecule has 1 aromatic carbocycles. The van der Waals surface area contributed by atoms with Crippen LogP contribution < -0.4 is 10.6 Å². The van der Waals surface area contributed by atoms with Crippen LogP contribution in [0.2, 0.25) is 0 Å². The first-order chi connectivity index (χ1) is 9.29. The molecule has 2 rings (SSSR count). The minimum atomic E-state index is 0. The van der Waals surface area contributed by atoms with Crippen molar-refractivity contribution in [3.8, 4) is 0 Å². The molecule has 2 N–H and O–H groups in total. The Kier molecular flexibility index (Phi) is 7.95. The fraction of sp³-hybridized carbons (Fsp3) is 0.562. The second-order valence-corrected chi connectivity index (χ2v) is 5.25. The molecule has 1 saturated carbocycles. The van der Waals surface area contributed by atoms with Crippen LogP contribution in [0.3, 0.4) is 0 Å². The molecule has 0 unspecified atom stereocenters. The number of nitrogens with one attached hydrogen (secondary N) is 2. The van der Waals surface area contributed by atoms with Gasteiger partial charge in [0.15, 0.2) is 5.96 Å². The van der Waals surface area contributed by atoms with Gasteiger partial charge in [0.05, 0.1) is 6.54 Å². The van der Waals surface area contributed by atoms with Crippen molar-refractivity contribution in [2.75, 3.05) is 6.54 Å². The van der Waals surface area contributed by atoms with Crippen LogP contribution in [-0.4, -0.2) is 18.5 Å². The highest BCUT2D eigenvalue weighted by atomic mass is 127. The van der Waals surface area contributed by atoms with Gasteiger partial charge in [-0.2, -0.15) is 0 Å². The minimum Gasteiger partial charge on any atom is -0.357 e. The SMILES string of the molecule is CCNC(=NCc1ccccc1C)NC1CCCC1.I. The molecule has 3 nitrogen and oxygen atoms in total. The van der Waals surface area contributed by atoms with Crippen LogP contribution in [0.15, 0.2) is 29.3 Å². The Morgan fingerprint density at radius 2 is 1.95 bits per heavy atom. The smallest absolute Gasteiger partial charge is 0.191 e. The molecule has 0 atom stereocenters. The fourth-order valence-corrected chi connectivity index (χ4v) is 2.54. The molecule has 1 fully saturated rings. The Labute approximate surface area is 139 Å². The van der Waals surface area contributed by atoms with Gasteiger partial charge in [-0.3, -0.25) is 0 Å². The third-order valence-electron chi connectivity index (χ3n) is 3.71. The maximum absolute atomic E-state index is 4.70. The van der Waals surface area contributed by atoms with Crippen molar-refractivity contribution in [2.45, 2.75) is 52.1 Å². The van der Waals surface area contributed by atoms with Crippen molar-refractivity contribution < 1.29 is 0 Å². The summed E-state index contributed by atoms with van der Waals surface area (Å²) in [4.78, 5) is 4.70. The standard InChI is InChI=1S/C16H25N3.HI/c1-3-17-16(19-15-10-6-7-11-15)18-12-14-9-5-4-8-13(14)2;/h4-5,8-9,15H,3,6-7,10-12H2,1-2H3,(H2,17,18,19);1H. The number of aryl methyl sites for hydroxylation is 1. The highest BCUT2D eigenvalue weighted by Gasteiger charge is 2.15. The van der Waals surface area contributed by atoms with Crippen LogP contribution in [0, 0.1) is 6.92 Å². The van der Waals surface area contributed by atoms with Crippen molar-refractivity contribution >= 4 is 29.9 Å². The number of benzene rings is 1. The molecule has 0 amide bonds. The van der Waals surface area contributed by atoms with E-state index in [1.807, 2.05) is 0 Å². The molecule has 1 aromatic rings. The summed E-state index contributed by atoms with van der Waals surface area (Å²) in [6.07, 6.45) is 5.23. The molecule has 1 aliphatic rings. The average Bonchev–Trinajstić information content (AvgIpc) is 2.91. The summed E-state index contributed by atoms with van der Waals surface area (Å²) in [5.74, 6) is 0.956. The molecule has 112 valence electrons. The first kappa shape index (κ1) is 17.3. The molecule has 1 aliphatic carbocycles. The minimum absolute atomic E-state index is 0. The molecule has 0 saturated heterocycles. The van der Waals surface area contributed by atoms with Gasteiger partial charge in [-0.25, -0.2) is 4.99 Å². The van der Waals surface area contributed by atoms with Gasteiger partial charge in [-0.15, -0.1) is 24.0 Å². The highest BCUT2D eigenvalue weighted by molar-refractivity contribution is 14.0. The highest BCUT2D eigenvalue weighted by Crippen LogP contribution is 2.17. The molecule has 4 heteroatoms. The number of hydrogen-bond donors (Lipinski definition) is 2. The van der Waals surface area contributed by atoms with E-state index in [0.29, 0.717) is 6.04 Å². The quantitative estimate of drug-likeness (QED) is 0.471. The zero-order valence-electron chi connectivity index (χ0n) is 12.5. The normalized spacial score (nSPS) is 15.8. The van der Waals surface area contributed by atoms with E-state index in [0.717, 1.165) is 19.0 Å². The van der Waals surface area contributed by atoms with Gasteiger partial charge in [-0.1, -0.05) is 37.1 Å². The summed E-state index contributed by atoms with van der Waals surface area (Å²) >= 11 is 0. The van der Waals surface area contributed by atoms with Gasteiger partial charge in [0.2, 0.25) is 0 Å². The fourth-order valence-electron chi connectivity index (χ4n) is 2.54.